The van der Waals surface area contributed by atoms with Gasteiger partial charge in [0.1, 0.15) is 10.8 Å². The molecule has 2 aromatic heterocycles. The standard InChI is InChI=1S/C15H21ClN2O2/c1-4-6-10(5-2)15(19)11-7-13(20-3)14(16)12-8-17-9-18(11)12/h7-10,15,19H,4-6H2,1-3H3. The van der Waals surface area contributed by atoms with Gasteiger partial charge in [0, 0.05) is 6.07 Å². The number of imidazole rings is 1. The van der Waals surface area contributed by atoms with Crippen LogP contribution in [-0.2, 0) is 0 Å². The van der Waals surface area contributed by atoms with Crippen LogP contribution in [0.15, 0.2) is 18.6 Å². The Morgan fingerprint density at radius 3 is 2.80 bits per heavy atom. The lowest BCUT2D eigenvalue weighted by molar-refractivity contribution is 0.0945. The quantitative estimate of drug-likeness (QED) is 0.880. The zero-order valence-electron chi connectivity index (χ0n) is 12.1. The minimum Gasteiger partial charge on any atom is -0.495 e. The van der Waals surface area contributed by atoms with E-state index in [2.05, 4.69) is 18.8 Å². The first-order valence-corrected chi connectivity index (χ1v) is 7.38. The van der Waals surface area contributed by atoms with Crippen molar-refractivity contribution in [2.75, 3.05) is 7.11 Å². The van der Waals surface area contributed by atoms with Gasteiger partial charge in [0.15, 0.2) is 0 Å². The average Bonchev–Trinajstić information content (AvgIpc) is 2.94. The third kappa shape index (κ3) is 2.63. The van der Waals surface area contributed by atoms with Crippen molar-refractivity contribution in [2.45, 2.75) is 39.2 Å². The van der Waals surface area contributed by atoms with E-state index in [4.69, 9.17) is 16.3 Å². The van der Waals surface area contributed by atoms with Crippen molar-refractivity contribution in [2.24, 2.45) is 5.92 Å². The summed E-state index contributed by atoms with van der Waals surface area (Å²) in [5.41, 5.74) is 1.53. The first-order chi connectivity index (χ1) is 9.63. The van der Waals surface area contributed by atoms with Gasteiger partial charge >= 0.3 is 0 Å². The van der Waals surface area contributed by atoms with Crippen LogP contribution in [0.5, 0.6) is 5.75 Å². The van der Waals surface area contributed by atoms with Crippen LogP contribution in [0.4, 0.5) is 0 Å². The van der Waals surface area contributed by atoms with Crippen molar-refractivity contribution in [3.05, 3.63) is 29.3 Å². The van der Waals surface area contributed by atoms with Gasteiger partial charge in [-0.1, -0.05) is 38.3 Å². The van der Waals surface area contributed by atoms with Crippen LogP contribution in [0.3, 0.4) is 0 Å². The second kappa shape index (κ2) is 6.46. The molecule has 110 valence electrons. The van der Waals surface area contributed by atoms with E-state index < -0.39 is 6.10 Å². The van der Waals surface area contributed by atoms with E-state index in [0.29, 0.717) is 10.8 Å². The maximum atomic E-state index is 10.7. The molecule has 0 aliphatic carbocycles. The molecule has 0 bridgehead atoms. The van der Waals surface area contributed by atoms with Crippen LogP contribution >= 0.6 is 11.6 Å². The van der Waals surface area contributed by atoms with E-state index in [1.807, 2.05) is 4.40 Å². The summed E-state index contributed by atoms with van der Waals surface area (Å²) < 4.78 is 7.14. The summed E-state index contributed by atoms with van der Waals surface area (Å²) in [7, 11) is 1.58. The Morgan fingerprint density at radius 2 is 2.20 bits per heavy atom. The van der Waals surface area contributed by atoms with Crippen LogP contribution in [0.2, 0.25) is 5.02 Å². The van der Waals surface area contributed by atoms with Gasteiger partial charge in [-0.3, -0.25) is 4.40 Å². The monoisotopic (exact) mass is 296 g/mol. The topological polar surface area (TPSA) is 46.8 Å². The molecule has 0 fully saturated rings. The molecular weight excluding hydrogens is 276 g/mol. The van der Waals surface area contributed by atoms with E-state index in [-0.39, 0.29) is 5.92 Å². The van der Waals surface area contributed by atoms with Gasteiger partial charge in [0.05, 0.1) is 36.9 Å². The molecule has 2 unspecified atom stereocenters. The number of ether oxygens (including phenoxy) is 1. The maximum absolute atomic E-state index is 10.7. The zero-order valence-corrected chi connectivity index (χ0v) is 12.9. The third-order valence-corrected chi connectivity index (χ3v) is 4.17. The minimum atomic E-state index is -0.553. The summed E-state index contributed by atoms with van der Waals surface area (Å²) in [6.07, 6.45) is 5.77. The zero-order chi connectivity index (χ0) is 14.7. The van der Waals surface area contributed by atoms with Gasteiger partial charge in [-0.15, -0.1) is 0 Å². The number of hydrogen-bond donors (Lipinski definition) is 1. The van der Waals surface area contributed by atoms with Gasteiger partial charge < -0.3 is 9.84 Å². The highest BCUT2D eigenvalue weighted by Gasteiger charge is 2.23. The highest BCUT2D eigenvalue weighted by Crippen LogP contribution is 2.36. The van der Waals surface area contributed by atoms with Crippen LogP contribution < -0.4 is 4.74 Å². The molecule has 0 saturated carbocycles. The van der Waals surface area contributed by atoms with E-state index in [9.17, 15) is 5.11 Å². The molecule has 1 N–H and O–H groups in total. The minimum absolute atomic E-state index is 0.219. The lowest BCUT2D eigenvalue weighted by atomic mass is 9.92. The highest BCUT2D eigenvalue weighted by atomic mass is 35.5. The van der Waals surface area contributed by atoms with Crippen LogP contribution in [0.25, 0.3) is 5.52 Å². The Labute approximate surface area is 124 Å². The SMILES string of the molecule is CCCC(CC)C(O)c1cc(OC)c(Cl)c2cncn12. The van der Waals surface area contributed by atoms with E-state index in [1.165, 1.54) is 0 Å². The smallest absolute Gasteiger partial charge is 0.141 e. The first kappa shape index (κ1) is 15.1. The van der Waals surface area contributed by atoms with Crippen LogP contribution in [-0.4, -0.2) is 21.6 Å². The summed E-state index contributed by atoms with van der Waals surface area (Å²) in [4.78, 5) is 4.12. The molecule has 2 aromatic rings. The third-order valence-electron chi connectivity index (χ3n) is 3.79. The van der Waals surface area contributed by atoms with Gasteiger partial charge in [-0.25, -0.2) is 4.98 Å². The largest absolute Gasteiger partial charge is 0.495 e. The van der Waals surface area contributed by atoms with Crippen molar-refractivity contribution in [1.82, 2.24) is 9.38 Å². The number of methoxy groups -OCH3 is 1. The lowest BCUT2D eigenvalue weighted by Crippen LogP contribution is -2.15. The summed E-state index contributed by atoms with van der Waals surface area (Å²) in [6.45, 7) is 4.23. The molecule has 0 radical (unpaired) electrons. The molecule has 2 heterocycles. The number of pyridine rings is 1. The van der Waals surface area contributed by atoms with Crippen molar-refractivity contribution in [3.8, 4) is 5.75 Å². The van der Waals surface area contributed by atoms with Crippen molar-refractivity contribution in [3.63, 3.8) is 0 Å². The molecule has 5 heteroatoms. The summed E-state index contributed by atoms with van der Waals surface area (Å²) in [5, 5.41) is 11.2. The summed E-state index contributed by atoms with van der Waals surface area (Å²) in [6, 6.07) is 1.81. The Balaban J connectivity index is 2.52. The molecule has 2 atom stereocenters. The molecule has 0 aromatic carbocycles. The Kier molecular flexibility index (Phi) is 4.89. The molecular formula is C15H21ClN2O2. The molecule has 0 aliphatic rings. The number of aliphatic hydroxyl groups is 1. The second-order valence-corrected chi connectivity index (χ2v) is 5.38. The maximum Gasteiger partial charge on any atom is 0.141 e. The summed E-state index contributed by atoms with van der Waals surface area (Å²) >= 11 is 6.27. The van der Waals surface area contributed by atoms with E-state index in [1.54, 1.807) is 25.7 Å². The lowest BCUT2D eigenvalue weighted by Gasteiger charge is -2.23. The molecule has 2 rings (SSSR count). The fourth-order valence-corrected chi connectivity index (χ4v) is 2.90. The highest BCUT2D eigenvalue weighted by molar-refractivity contribution is 6.35. The van der Waals surface area contributed by atoms with Gasteiger partial charge in [-0.05, 0) is 12.3 Å². The fraction of sp³-hybridized carbons (Fsp3) is 0.533. The number of hydrogen-bond acceptors (Lipinski definition) is 3. The number of nitrogens with zero attached hydrogens (tertiary/aromatic N) is 2. The van der Waals surface area contributed by atoms with Crippen LogP contribution in [0, 0.1) is 5.92 Å². The van der Waals surface area contributed by atoms with Crippen molar-refractivity contribution in [1.29, 1.82) is 0 Å². The van der Waals surface area contributed by atoms with Crippen LogP contribution in [0.1, 0.15) is 44.9 Å². The molecule has 4 nitrogen and oxygen atoms in total. The van der Waals surface area contributed by atoms with Gasteiger partial charge in [0.2, 0.25) is 0 Å². The molecule has 0 aliphatic heterocycles. The normalized spacial score (nSPS) is 14.4. The number of aromatic nitrogens is 2. The number of aliphatic hydroxyl groups excluding tert-OH is 1. The van der Waals surface area contributed by atoms with E-state index >= 15 is 0 Å². The molecule has 0 amide bonds. The number of halogens is 1. The molecule has 0 saturated heterocycles. The Bertz CT molecular complexity index is 583. The predicted molar refractivity (Wildman–Crippen MR) is 80.4 cm³/mol. The van der Waals surface area contributed by atoms with Gasteiger partial charge in [-0.2, -0.15) is 0 Å². The van der Waals surface area contributed by atoms with Crippen molar-refractivity contribution < 1.29 is 9.84 Å². The first-order valence-electron chi connectivity index (χ1n) is 7.00. The fourth-order valence-electron chi connectivity index (χ4n) is 2.63. The van der Waals surface area contributed by atoms with Crippen molar-refractivity contribution >= 4 is 17.1 Å². The number of fused-ring (bicyclic) bond motifs is 1. The Morgan fingerprint density at radius 1 is 1.45 bits per heavy atom. The number of rotatable bonds is 6. The summed E-state index contributed by atoms with van der Waals surface area (Å²) in [5.74, 6) is 0.788. The van der Waals surface area contributed by atoms with E-state index in [0.717, 1.165) is 30.5 Å². The average molecular weight is 297 g/mol. The van der Waals surface area contributed by atoms with Gasteiger partial charge in [0.25, 0.3) is 0 Å². The Hall–Kier alpha value is -1.26. The molecule has 20 heavy (non-hydrogen) atoms. The molecule has 0 spiro atoms. The second-order valence-electron chi connectivity index (χ2n) is 5.00. The predicted octanol–water partition coefficient (Wildman–Crippen LogP) is 3.86.